The third-order valence-corrected chi connectivity index (χ3v) is 13.1. The summed E-state index contributed by atoms with van der Waals surface area (Å²) in [5, 5.41) is 27.9. The van der Waals surface area contributed by atoms with E-state index in [1.807, 2.05) is 36.4 Å². The van der Waals surface area contributed by atoms with Gasteiger partial charge in [-0.25, -0.2) is 24.4 Å². The van der Waals surface area contributed by atoms with Crippen LogP contribution in [0.25, 0.3) is 21.9 Å². The van der Waals surface area contributed by atoms with Gasteiger partial charge in [-0.3, -0.25) is 38.6 Å². The number of imidazole rings is 1. The van der Waals surface area contributed by atoms with Gasteiger partial charge in [-0.05, 0) is 100 Å². The molecule has 81 heavy (non-hydrogen) atoms. The van der Waals surface area contributed by atoms with Crippen LogP contribution < -0.4 is 42.5 Å². The van der Waals surface area contributed by atoms with E-state index in [0.29, 0.717) is 65.7 Å². The van der Waals surface area contributed by atoms with Gasteiger partial charge in [0.25, 0.3) is 11.8 Å². The minimum absolute atomic E-state index is 0.0406. The first-order valence-electron chi connectivity index (χ1n) is 27.3. The number of amides is 10. The third-order valence-electron chi connectivity index (χ3n) is 13.1. The van der Waals surface area contributed by atoms with Crippen LogP contribution >= 0.6 is 0 Å². The molecule has 0 saturated carbocycles. The second-order valence-corrected chi connectivity index (χ2v) is 21.1. The van der Waals surface area contributed by atoms with Crippen molar-refractivity contribution >= 4 is 92.8 Å². The highest BCUT2D eigenvalue weighted by Gasteiger charge is 2.30. The number of imide groups is 1. The Labute approximate surface area is 470 Å². The van der Waals surface area contributed by atoms with Crippen LogP contribution in [0.3, 0.4) is 0 Å². The summed E-state index contributed by atoms with van der Waals surface area (Å²) in [5.41, 5.74) is 8.61. The Morgan fingerprint density at radius 1 is 0.741 bits per heavy atom. The Morgan fingerprint density at radius 2 is 1.41 bits per heavy atom. The fourth-order valence-corrected chi connectivity index (χ4v) is 8.99. The fraction of sp³-hybridized carbons (Fsp3) is 0.431. The van der Waals surface area contributed by atoms with Crippen molar-refractivity contribution in [2.24, 2.45) is 11.7 Å². The van der Waals surface area contributed by atoms with Gasteiger partial charge in [0.15, 0.2) is 5.82 Å². The summed E-state index contributed by atoms with van der Waals surface area (Å²) >= 11 is 0. The minimum atomic E-state index is -1.27. The topological polar surface area (TPSA) is 318 Å². The van der Waals surface area contributed by atoms with Gasteiger partial charge in [-0.15, -0.1) is 0 Å². The minimum Gasteiger partial charge on any atom is -0.465 e. The number of hydrogen-bond acceptors (Lipinski definition) is 12. The van der Waals surface area contributed by atoms with Crippen LogP contribution in [-0.2, 0) is 53.0 Å². The number of alkyl carbamates (subject to hydrolysis) is 1. The predicted molar refractivity (Wildman–Crippen MR) is 306 cm³/mol. The van der Waals surface area contributed by atoms with Gasteiger partial charge in [0.05, 0.1) is 17.6 Å². The van der Waals surface area contributed by atoms with Crippen LogP contribution in [-0.4, -0.2) is 116 Å². The first-order valence-corrected chi connectivity index (χ1v) is 27.3. The standard InChI is InChI=1S/C58H74N12O11/c1-7-8-18-44-66-50-51(69(44)34-37-20-24-39(25-21-37)62-46(72)30-32-61-56(78)81-58(4,5)6)41-15-11-12-16-42(41)64-52(50)70(57(79)80)35-38-22-26-40(27-23-38)63-53(75)43(17-14-31-60-55(59)77)65-54(76)49(36(2)3)67-45(71)19-10-9-13-33-68-47(73)28-29-48(68)74/h11-12,15-16,20-29,36,43,49H,7-10,13-14,17-19,30-35H2,1-6H3,(H,61,78)(H,62,72)(H,63,75)(H,65,76)(H,67,71)(H,79,80)(H3,59,60,77). The van der Waals surface area contributed by atoms with Crippen LogP contribution in [0.4, 0.5) is 31.6 Å². The van der Waals surface area contributed by atoms with Crippen molar-refractivity contribution in [3.63, 3.8) is 0 Å². The molecule has 0 spiro atoms. The second kappa shape index (κ2) is 28.8. The summed E-state index contributed by atoms with van der Waals surface area (Å²) in [5.74, 6) is -2.07. The molecule has 1 aliphatic heterocycles. The normalized spacial score (nSPS) is 13.0. The van der Waals surface area contributed by atoms with E-state index >= 15 is 0 Å². The molecule has 10 amide bonds. The van der Waals surface area contributed by atoms with E-state index in [1.165, 1.54) is 12.2 Å². The number of carboxylic acid groups (broad SMARTS) is 1. The molecule has 5 aromatic rings. The quantitative estimate of drug-likeness (QED) is 0.0185. The highest BCUT2D eigenvalue weighted by Crippen LogP contribution is 2.34. The van der Waals surface area contributed by atoms with Crippen molar-refractivity contribution in [2.75, 3.05) is 35.2 Å². The van der Waals surface area contributed by atoms with Crippen molar-refractivity contribution in [1.29, 1.82) is 0 Å². The van der Waals surface area contributed by atoms with Crippen molar-refractivity contribution < 1.29 is 53.0 Å². The number of carbonyl (C=O) groups is 9. The number of para-hydroxylation sites is 1. The average Bonchev–Trinajstić information content (AvgIpc) is 3.02. The molecule has 2 atom stereocenters. The monoisotopic (exact) mass is 1110 g/mol. The molecule has 2 unspecified atom stereocenters. The molecular weight excluding hydrogens is 1040 g/mol. The maximum atomic E-state index is 13.9. The van der Waals surface area contributed by atoms with E-state index < -0.39 is 47.7 Å². The van der Waals surface area contributed by atoms with Crippen molar-refractivity contribution in [2.45, 2.75) is 137 Å². The Hall–Kier alpha value is -8.89. The average molecular weight is 1120 g/mol. The lowest BCUT2D eigenvalue weighted by molar-refractivity contribution is -0.137. The lowest BCUT2D eigenvalue weighted by atomic mass is 10.0. The lowest BCUT2D eigenvalue weighted by Gasteiger charge is -2.25. The number of aromatic nitrogens is 3. The van der Waals surface area contributed by atoms with Gasteiger partial charge < -0.3 is 52.0 Å². The number of urea groups is 1. The van der Waals surface area contributed by atoms with Gasteiger partial charge in [0, 0.05) is 74.4 Å². The molecule has 9 N–H and O–H groups in total. The number of primary amides is 1. The Kier molecular flexibility index (Phi) is 21.8. The molecule has 6 rings (SSSR count). The highest BCUT2D eigenvalue weighted by atomic mass is 16.6. The largest absolute Gasteiger partial charge is 0.465 e. The molecule has 0 saturated heterocycles. The van der Waals surface area contributed by atoms with E-state index in [9.17, 15) is 48.3 Å². The first kappa shape index (κ1) is 61.3. The molecule has 0 fully saturated rings. The van der Waals surface area contributed by atoms with Gasteiger partial charge in [0.2, 0.25) is 23.6 Å². The smallest absolute Gasteiger partial charge is 0.413 e. The van der Waals surface area contributed by atoms with Gasteiger partial charge >= 0.3 is 18.2 Å². The van der Waals surface area contributed by atoms with Crippen LogP contribution in [0.15, 0.2) is 84.9 Å². The van der Waals surface area contributed by atoms with Crippen LogP contribution in [0, 0.1) is 5.92 Å². The highest BCUT2D eigenvalue weighted by molar-refractivity contribution is 6.13. The van der Waals surface area contributed by atoms with Crippen molar-refractivity contribution in [3.8, 4) is 0 Å². The SMILES string of the molecule is CCCCc1nc2c(N(Cc3ccc(NC(=O)C(CCCNC(N)=O)NC(=O)C(NC(=O)CCCCCN4C(=O)C=CC4=O)C(C)C)cc3)C(=O)O)nc3ccccc3c2n1Cc1ccc(NC(=O)CCNC(=O)OC(C)(C)C)cc1. The number of nitrogens with zero attached hydrogens (tertiary/aromatic N) is 5. The molecule has 0 aliphatic carbocycles. The molecule has 23 nitrogen and oxygen atoms in total. The maximum Gasteiger partial charge on any atom is 0.413 e. The second-order valence-electron chi connectivity index (χ2n) is 21.1. The van der Waals surface area contributed by atoms with E-state index in [1.54, 1.807) is 71.0 Å². The number of nitrogens with one attached hydrogen (secondary N) is 6. The van der Waals surface area contributed by atoms with Gasteiger partial charge in [-0.1, -0.05) is 76.1 Å². The molecule has 0 radical (unpaired) electrons. The van der Waals surface area contributed by atoms with E-state index in [-0.39, 0.29) is 87.2 Å². The number of hydrogen-bond donors (Lipinski definition) is 8. The first-order chi connectivity index (χ1) is 38.6. The summed E-state index contributed by atoms with van der Waals surface area (Å²) in [6.45, 7) is 11.5. The predicted octanol–water partition coefficient (Wildman–Crippen LogP) is 7.01. The number of unbranched alkanes of at least 4 members (excludes halogenated alkanes) is 3. The molecule has 3 aromatic carbocycles. The fourth-order valence-electron chi connectivity index (χ4n) is 8.99. The summed E-state index contributed by atoms with van der Waals surface area (Å²) in [6, 6.07) is 18.5. The van der Waals surface area contributed by atoms with Crippen LogP contribution in [0.5, 0.6) is 0 Å². The Morgan fingerprint density at radius 3 is 2.05 bits per heavy atom. The summed E-state index contributed by atoms with van der Waals surface area (Å²) < 4.78 is 7.32. The number of aryl methyl sites for hydroxylation is 1. The van der Waals surface area contributed by atoms with E-state index in [4.69, 9.17) is 20.4 Å². The van der Waals surface area contributed by atoms with E-state index in [0.717, 1.165) is 39.4 Å². The summed E-state index contributed by atoms with van der Waals surface area (Å²) in [7, 11) is 0. The molecule has 2 aromatic heterocycles. The molecule has 1 aliphatic rings. The zero-order chi connectivity index (χ0) is 58.8. The van der Waals surface area contributed by atoms with Crippen molar-refractivity contribution in [1.82, 2.24) is 40.7 Å². The molecule has 432 valence electrons. The lowest BCUT2D eigenvalue weighted by Crippen LogP contribution is -2.54. The number of carbonyl (C=O) groups excluding carboxylic acids is 8. The molecule has 3 heterocycles. The zero-order valence-electron chi connectivity index (χ0n) is 46.8. The summed E-state index contributed by atoms with van der Waals surface area (Å²) in [6.07, 6.45) is 4.88. The number of anilines is 3. The molecule has 0 bridgehead atoms. The number of pyridine rings is 1. The Balaban J connectivity index is 1.15. The number of benzene rings is 3. The van der Waals surface area contributed by atoms with Gasteiger partial charge in [0.1, 0.15) is 29.0 Å². The van der Waals surface area contributed by atoms with E-state index in [2.05, 4.69) is 43.4 Å². The third kappa shape index (κ3) is 18.1. The molecular formula is C58H74N12O11. The summed E-state index contributed by atoms with van der Waals surface area (Å²) in [4.78, 5) is 126. The number of nitrogens with two attached hydrogens (primary N) is 1. The molecule has 23 heteroatoms. The number of fused-ring (bicyclic) bond motifs is 3. The number of rotatable bonds is 28. The number of ether oxygens (including phenoxy) is 1. The van der Waals surface area contributed by atoms with Crippen LogP contribution in [0.1, 0.15) is 116 Å². The Bertz CT molecular complexity index is 3100. The maximum absolute atomic E-state index is 13.9. The zero-order valence-corrected chi connectivity index (χ0v) is 46.8. The van der Waals surface area contributed by atoms with Crippen LogP contribution in [0.2, 0.25) is 0 Å². The van der Waals surface area contributed by atoms with Gasteiger partial charge in [-0.2, -0.15) is 0 Å². The van der Waals surface area contributed by atoms with Crippen molar-refractivity contribution in [3.05, 3.63) is 102 Å².